The van der Waals surface area contributed by atoms with E-state index in [0.717, 1.165) is 32.1 Å². The number of likely N-dealkylation sites (N-methyl/N-ethyl adjacent to an activating group) is 1. The van der Waals surface area contributed by atoms with Gasteiger partial charge in [0.15, 0.2) is 5.96 Å². The molecule has 5 nitrogen and oxygen atoms in total. The molecule has 2 unspecified atom stereocenters. The normalized spacial score (nSPS) is 20.6. The molecule has 23 heavy (non-hydrogen) atoms. The molecule has 0 bridgehead atoms. The number of nitrogens with one attached hydrogen (secondary N) is 1. The average Bonchev–Trinajstić information content (AvgIpc) is 2.93. The number of hydrogen-bond donors (Lipinski definition) is 1. The van der Waals surface area contributed by atoms with Crippen molar-refractivity contribution in [1.29, 1.82) is 0 Å². The molecule has 1 rings (SSSR count). The largest absolute Gasteiger partial charge is 0.355 e. The standard InChI is InChI=1S/C16H34N4OS.HI/c1-7-19(8-2)14-9-11-20(13-14)15(17-6)18-10-12-22(21)16(3,4)5;/h14H,7-13H2,1-6H3,(H,17,18);1H. The van der Waals surface area contributed by atoms with Crippen LogP contribution < -0.4 is 5.32 Å². The van der Waals surface area contributed by atoms with Crippen LogP contribution in [-0.4, -0.2) is 76.3 Å². The average molecular weight is 458 g/mol. The summed E-state index contributed by atoms with van der Waals surface area (Å²) in [6.07, 6.45) is 1.19. The Hall–Kier alpha value is 0.110. The molecule has 0 aromatic carbocycles. The van der Waals surface area contributed by atoms with Crippen LogP contribution >= 0.6 is 24.0 Å². The van der Waals surface area contributed by atoms with Gasteiger partial charge in [-0.25, -0.2) is 0 Å². The lowest BCUT2D eigenvalue weighted by molar-refractivity contribution is 0.223. The van der Waals surface area contributed by atoms with Gasteiger partial charge in [-0.15, -0.1) is 24.0 Å². The number of nitrogens with zero attached hydrogens (tertiary/aromatic N) is 3. The lowest BCUT2D eigenvalue weighted by atomic mass is 10.2. The molecule has 7 heteroatoms. The maximum atomic E-state index is 12.1. The summed E-state index contributed by atoms with van der Waals surface area (Å²) in [5.41, 5.74) is 0. The predicted molar refractivity (Wildman–Crippen MR) is 112 cm³/mol. The fourth-order valence-electron chi connectivity index (χ4n) is 2.87. The van der Waals surface area contributed by atoms with E-state index in [0.29, 0.717) is 18.3 Å². The van der Waals surface area contributed by atoms with Gasteiger partial charge in [0, 0.05) is 54.0 Å². The van der Waals surface area contributed by atoms with Crippen LogP contribution in [0.2, 0.25) is 0 Å². The molecule has 0 saturated carbocycles. The lowest BCUT2D eigenvalue weighted by Crippen LogP contribution is -2.44. The number of guanidine groups is 1. The van der Waals surface area contributed by atoms with Crippen molar-refractivity contribution >= 4 is 40.7 Å². The van der Waals surface area contributed by atoms with Crippen LogP contribution in [0.15, 0.2) is 4.99 Å². The van der Waals surface area contributed by atoms with E-state index in [9.17, 15) is 4.21 Å². The molecule has 138 valence electrons. The molecule has 1 aliphatic heterocycles. The summed E-state index contributed by atoms with van der Waals surface area (Å²) in [5, 5.41) is 3.37. The van der Waals surface area contributed by atoms with Crippen molar-refractivity contribution in [1.82, 2.24) is 15.1 Å². The van der Waals surface area contributed by atoms with Crippen molar-refractivity contribution in [3.63, 3.8) is 0 Å². The van der Waals surface area contributed by atoms with E-state index in [-0.39, 0.29) is 28.7 Å². The molecule has 0 radical (unpaired) electrons. The van der Waals surface area contributed by atoms with Crippen LogP contribution in [0.4, 0.5) is 0 Å². The van der Waals surface area contributed by atoms with Gasteiger partial charge in [-0.3, -0.25) is 14.1 Å². The second-order valence-electron chi connectivity index (χ2n) is 6.75. The summed E-state index contributed by atoms with van der Waals surface area (Å²) < 4.78 is 11.9. The minimum atomic E-state index is -0.819. The van der Waals surface area contributed by atoms with Crippen molar-refractivity contribution in [2.75, 3.05) is 45.5 Å². The quantitative estimate of drug-likeness (QED) is 0.377. The zero-order valence-electron chi connectivity index (χ0n) is 15.6. The third-order valence-corrected chi connectivity index (χ3v) is 6.20. The summed E-state index contributed by atoms with van der Waals surface area (Å²) >= 11 is 0. The predicted octanol–water partition coefficient (Wildman–Crippen LogP) is 2.14. The highest BCUT2D eigenvalue weighted by atomic mass is 127. The molecular formula is C16H35IN4OS. The first-order valence-corrected chi connectivity index (χ1v) is 9.73. The van der Waals surface area contributed by atoms with Gasteiger partial charge in [-0.1, -0.05) is 13.8 Å². The summed E-state index contributed by atoms with van der Waals surface area (Å²) in [6.45, 7) is 15.5. The third kappa shape index (κ3) is 7.25. The third-order valence-electron chi connectivity index (χ3n) is 4.26. The topological polar surface area (TPSA) is 47.9 Å². The maximum absolute atomic E-state index is 12.1. The molecule has 1 N–H and O–H groups in total. The van der Waals surface area contributed by atoms with Crippen LogP contribution in [-0.2, 0) is 10.8 Å². The minimum absolute atomic E-state index is 0. The van der Waals surface area contributed by atoms with Gasteiger partial charge in [0.05, 0.1) is 0 Å². The van der Waals surface area contributed by atoms with Gasteiger partial charge in [0.1, 0.15) is 0 Å². The summed E-state index contributed by atoms with van der Waals surface area (Å²) in [5.74, 6) is 1.61. The first kappa shape index (κ1) is 23.1. The van der Waals surface area contributed by atoms with Crippen molar-refractivity contribution < 1.29 is 4.21 Å². The minimum Gasteiger partial charge on any atom is -0.355 e. The molecule has 0 aromatic heterocycles. The van der Waals surface area contributed by atoms with Gasteiger partial charge in [-0.2, -0.15) is 0 Å². The monoisotopic (exact) mass is 458 g/mol. The van der Waals surface area contributed by atoms with Gasteiger partial charge < -0.3 is 10.2 Å². The second kappa shape index (κ2) is 10.9. The van der Waals surface area contributed by atoms with Gasteiger partial charge in [0.25, 0.3) is 0 Å². The summed E-state index contributed by atoms with van der Waals surface area (Å²) in [6, 6.07) is 0.622. The van der Waals surface area contributed by atoms with Crippen LogP contribution in [0.5, 0.6) is 0 Å². The molecule has 1 saturated heterocycles. The number of likely N-dealkylation sites (tertiary alicyclic amines) is 1. The molecule has 2 atom stereocenters. The zero-order chi connectivity index (χ0) is 16.8. The van der Waals surface area contributed by atoms with Crippen molar-refractivity contribution in [2.24, 2.45) is 4.99 Å². The first-order valence-electron chi connectivity index (χ1n) is 8.41. The van der Waals surface area contributed by atoms with Crippen LogP contribution in [0.3, 0.4) is 0 Å². The Morgan fingerprint density at radius 2 is 1.96 bits per heavy atom. The molecule has 1 fully saturated rings. The number of hydrogen-bond acceptors (Lipinski definition) is 3. The zero-order valence-corrected chi connectivity index (χ0v) is 18.7. The molecule has 1 aliphatic rings. The smallest absolute Gasteiger partial charge is 0.193 e. The SMILES string of the molecule is CCN(CC)C1CCN(C(=NC)NCCS(=O)C(C)(C)C)C1.I. The van der Waals surface area contributed by atoms with Crippen LogP contribution in [0, 0.1) is 0 Å². The van der Waals surface area contributed by atoms with Gasteiger partial charge >= 0.3 is 0 Å². The fraction of sp³-hybridized carbons (Fsp3) is 0.938. The van der Waals surface area contributed by atoms with Crippen molar-refractivity contribution in [3.05, 3.63) is 0 Å². The van der Waals surface area contributed by atoms with Crippen LogP contribution in [0.1, 0.15) is 41.0 Å². The van der Waals surface area contributed by atoms with E-state index in [1.165, 1.54) is 6.42 Å². The Bertz CT molecular complexity index is 394. The van der Waals surface area contributed by atoms with E-state index in [1.807, 2.05) is 27.8 Å². The van der Waals surface area contributed by atoms with Crippen molar-refractivity contribution in [3.8, 4) is 0 Å². The lowest BCUT2D eigenvalue weighted by Gasteiger charge is -2.27. The Morgan fingerprint density at radius 3 is 2.43 bits per heavy atom. The summed E-state index contributed by atoms with van der Waals surface area (Å²) in [4.78, 5) is 9.23. The molecule has 1 heterocycles. The molecule has 0 amide bonds. The van der Waals surface area contributed by atoms with Gasteiger partial charge in [-0.05, 0) is 40.3 Å². The Morgan fingerprint density at radius 1 is 1.35 bits per heavy atom. The highest BCUT2D eigenvalue weighted by molar-refractivity contribution is 14.0. The molecular weight excluding hydrogens is 423 g/mol. The van der Waals surface area contributed by atoms with Gasteiger partial charge in [0.2, 0.25) is 0 Å². The molecule has 0 spiro atoms. The highest BCUT2D eigenvalue weighted by Gasteiger charge is 2.28. The van der Waals surface area contributed by atoms with Crippen molar-refractivity contribution in [2.45, 2.75) is 51.8 Å². The van der Waals surface area contributed by atoms with E-state index >= 15 is 0 Å². The Kier molecular flexibility index (Phi) is 10.9. The highest BCUT2D eigenvalue weighted by Crippen LogP contribution is 2.15. The Balaban J connectivity index is 0.00000484. The Labute approximate surface area is 162 Å². The number of halogens is 1. The first-order chi connectivity index (χ1) is 10.3. The maximum Gasteiger partial charge on any atom is 0.193 e. The van der Waals surface area contributed by atoms with E-state index < -0.39 is 10.8 Å². The van der Waals surface area contributed by atoms with E-state index in [4.69, 9.17) is 0 Å². The number of aliphatic imine (C=N–C) groups is 1. The summed E-state index contributed by atoms with van der Waals surface area (Å²) in [7, 11) is 1.01. The number of rotatable bonds is 6. The van der Waals surface area contributed by atoms with Crippen LogP contribution in [0.25, 0.3) is 0 Å². The molecule has 0 aromatic rings. The second-order valence-corrected chi connectivity index (χ2v) is 9.07. The molecule has 0 aliphatic carbocycles. The van der Waals surface area contributed by atoms with E-state index in [2.05, 4.69) is 34.0 Å². The fourth-order valence-corrected chi connectivity index (χ4v) is 3.77. The van der Waals surface area contributed by atoms with E-state index in [1.54, 1.807) is 0 Å².